The molecule has 9 heteroatoms. The van der Waals surface area contributed by atoms with Crippen molar-refractivity contribution in [2.45, 2.75) is 62.1 Å². The second kappa shape index (κ2) is 13.7. The first kappa shape index (κ1) is 29.4. The third kappa shape index (κ3) is 7.54. The third-order valence-electron chi connectivity index (χ3n) is 6.61. The SMILES string of the molecule is CCOc1ccc(Cc2cc([C@@H]3O[C@H](CSc4ccc(NC(=O)CC)cc4)[C@H](O)[C@@H](O)[C@H]3O)ccc2Cl)cc1. The van der Waals surface area contributed by atoms with Gasteiger partial charge in [0, 0.05) is 27.8 Å². The summed E-state index contributed by atoms with van der Waals surface area (Å²) in [6.07, 6.45) is -4.50. The van der Waals surface area contributed by atoms with Crippen molar-refractivity contribution in [2.75, 3.05) is 17.7 Å². The van der Waals surface area contributed by atoms with E-state index in [1.165, 1.54) is 11.8 Å². The Morgan fingerprint density at radius 2 is 1.69 bits per heavy atom. The van der Waals surface area contributed by atoms with Crippen LogP contribution in [-0.4, -0.2) is 58.0 Å². The van der Waals surface area contributed by atoms with Crippen molar-refractivity contribution < 1.29 is 29.6 Å². The van der Waals surface area contributed by atoms with Gasteiger partial charge in [0.2, 0.25) is 5.91 Å². The molecule has 4 N–H and O–H groups in total. The van der Waals surface area contributed by atoms with Gasteiger partial charge in [0.1, 0.15) is 30.2 Å². The van der Waals surface area contributed by atoms with Crippen molar-refractivity contribution in [3.8, 4) is 5.75 Å². The van der Waals surface area contributed by atoms with Crippen molar-refractivity contribution in [3.05, 3.63) is 88.4 Å². The predicted molar refractivity (Wildman–Crippen MR) is 154 cm³/mol. The molecule has 5 atom stereocenters. The van der Waals surface area contributed by atoms with Crippen molar-refractivity contribution in [1.29, 1.82) is 0 Å². The number of carbonyl (C=O) groups is 1. The van der Waals surface area contributed by atoms with Gasteiger partial charge in [-0.25, -0.2) is 0 Å². The Balaban J connectivity index is 1.45. The second-order valence-corrected chi connectivity index (χ2v) is 10.9. The molecule has 0 aliphatic carbocycles. The highest BCUT2D eigenvalue weighted by atomic mass is 35.5. The van der Waals surface area contributed by atoms with Crippen LogP contribution in [0.2, 0.25) is 5.02 Å². The number of amides is 1. The minimum atomic E-state index is -1.37. The molecule has 208 valence electrons. The Bertz CT molecular complexity index is 1240. The van der Waals surface area contributed by atoms with Gasteiger partial charge in [0.05, 0.1) is 12.7 Å². The van der Waals surface area contributed by atoms with Crippen LogP contribution < -0.4 is 10.1 Å². The van der Waals surface area contributed by atoms with Crippen LogP contribution in [0.25, 0.3) is 0 Å². The molecule has 1 saturated heterocycles. The van der Waals surface area contributed by atoms with Crippen molar-refractivity contribution in [3.63, 3.8) is 0 Å². The van der Waals surface area contributed by atoms with E-state index in [0.29, 0.717) is 41.5 Å². The number of halogens is 1. The first-order chi connectivity index (χ1) is 18.8. The number of hydrogen-bond donors (Lipinski definition) is 4. The number of anilines is 1. The monoisotopic (exact) mass is 571 g/mol. The standard InChI is InChI=1S/C30H34ClNO6S/c1-3-26(33)32-21-8-12-23(13-9-21)39-17-25-27(34)28(35)29(36)30(38-25)19-7-14-24(31)20(16-19)15-18-5-10-22(11-6-18)37-4-2/h5-14,16,25,27-30,34-36H,3-4,15,17H2,1-2H3,(H,32,33)/t25-,27+,28-,29-,30+/m1/s1. The van der Waals surface area contributed by atoms with Crippen LogP contribution in [0.3, 0.4) is 0 Å². The van der Waals surface area contributed by atoms with Crippen LogP contribution in [-0.2, 0) is 16.0 Å². The van der Waals surface area contributed by atoms with Crippen LogP contribution in [0.5, 0.6) is 5.75 Å². The summed E-state index contributed by atoms with van der Waals surface area (Å²) in [5, 5.41) is 35.5. The van der Waals surface area contributed by atoms with Crippen LogP contribution in [0, 0.1) is 0 Å². The fourth-order valence-electron chi connectivity index (χ4n) is 4.42. The predicted octanol–water partition coefficient (Wildman–Crippen LogP) is 4.99. The third-order valence-corrected chi connectivity index (χ3v) is 8.08. The van der Waals surface area contributed by atoms with Crippen LogP contribution in [0.1, 0.15) is 43.1 Å². The number of ether oxygens (including phenoxy) is 2. The number of aliphatic hydroxyl groups excluding tert-OH is 3. The van der Waals surface area contributed by atoms with Gasteiger partial charge in [0.15, 0.2) is 0 Å². The lowest BCUT2D eigenvalue weighted by Crippen LogP contribution is -2.54. The molecule has 0 saturated carbocycles. The van der Waals surface area contributed by atoms with E-state index in [1.807, 2.05) is 61.5 Å². The van der Waals surface area contributed by atoms with Crippen LogP contribution in [0.15, 0.2) is 71.6 Å². The quantitative estimate of drug-likeness (QED) is 0.254. The lowest BCUT2D eigenvalue weighted by Gasteiger charge is -2.41. The van der Waals surface area contributed by atoms with E-state index in [4.69, 9.17) is 21.1 Å². The van der Waals surface area contributed by atoms with E-state index in [1.54, 1.807) is 19.1 Å². The van der Waals surface area contributed by atoms with E-state index in [9.17, 15) is 20.1 Å². The minimum absolute atomic E-state index is 0.0578. The molecule has 0 unspecified atom stereocenters. The molecular formula is C30H34ClNO6S. The summed E-state index contributed by atoms with van der Waals surface area (Å²) in [7, 11) is 0. The largest absolute Gasteiger partial charge is 0.494 e. The maximum atomic E-state index is 11.6. The molecule has 0 bridgehead atoms. The van der Waals surface area contributed by atoms with E-state index >= 15 is 0 Å². The van der Waals surface area contributed by atoms with E-state index in [-0.39, 0.29) is 5.91 Å². The number of nitrogens with one attached hydrogen (secondary N) is 1. The fraction of sp³-hybridized carbons (Fsp3) is 0.367. The highest BCUT2D eigenvalue weighted by Crippen LogP contribution is 2.36. The topological polar surface area (TPSA) is 108 Å². The fourth-order valence-corrected chi connectivity index (χ4v) is 5.57. The zero-order valence-corrected chi connectivity index (χ0v) is 23.5. The van der Waals surface area contributed by atoms with Gasteiger partial charge in [0.25, 0.3) is 0 Å². The highest BCUT2D eigenvalue weighted by Gasteiger charge is 2.44. The molecule has 1 fully saturated rings. The highest BCUT2D eigenvalue weighted by molar-refractivity contribution is 7.99. The Labute approximate surface area is 238 Å². The summed E-state index contributed by atoms with van der Waals surface area (Å²) in [6, 6.07) is 20.6. The zero-order chi connectivity index (χ0) is 27.9. The number of carbonyl (C=O) groups excluding carboxylic acids is 1. The smallest absolute Gasteiger partial charge is 0.224 e. The Morgan fingerprint density at radius 1 is 0.974 bits per heavy atom. The molecule has 1 heterocycles. The molecule has 1 amide bonds. The lowest BCUT2D eigenvalue weighted by atomic mass is 9.90. The normalized spacial score (nSPS) is 22.9. The average molecular weight is 572 g/mol. The Hall–Kier alpha value is -2.59. The molecule has 39 heavy (non-hydrogen) atoms. The summed E-state index contributed by atoms with van der Waals surface area (Å²) in [5.41, 5.74) is 3.29. The van der Waals surface area contributed by atoms with Crippen molar-refractivity contribution in [2.24, 2.45) is 0 Å². The van der Waals surface area contributed by atoms with Gasteiger partial charge in [-0.2, -0.15) is 0 Å². The molecule has 0 spiro atoms. The molecule has 3 aromatic carbocycles. The average Bonchev–Trinajstić information content (AvgIpc) is 2.94. The summed E-state index contributed by atoms with van der Waals surface area (Å²) < 4.78 is 11.7. The number of aliphatic hydroxyl groups is 3. The zero-order valence-electron chi connectivity index (χ0n) is 21.9. The summed E-state index contributed by atoms with van der Waals surface area (Å²) >= 11 is 7.96. The maximum absolute atomic E-state index is 11.6. The van der Waals surface area contributed by atoms with Gasteiger partial charge in [-0.1, -0.05) is 42.8 Å². The molecule has 1 aliphatic rings. The lowest BCUT2D eigenvalue weighted by molar-refractivity contribution is -0.218. The van der Waals surface area contributed by atoms with E-state index < -0.39 is 30.5 Å². The van der Waals surface area contributed by atoms with Crippen molar-refractivity contribution in [1.82, 2.24) is 0 Å². The first-order valence-corrected chi connectivity index (χ1v) is 14.4. The molecule has 7 nitrogen and oxygen atoms in total. The van der Waals surface area contributed by atoms with Gasteiger partial charge >= 0.3 is 0 Å². The van der Waals surface area contributed by atoms with E-state index in [2.05, 4.69) is 5.32 Å². The molecule has 0 radical (unpaired) electrons. The summed E-state index contributed by atoms with van der Waals surface area (Å²) in [5.74, 6) is 1.10. The van der Waals surface area contributed by atoms with Gasteiger partial charge in [-0.3, -0.25) is 4.79 Å². The Morgan fingerprint density at radius 3 is 2.36 bits per heavy atom. The Kier molecular flexibility index (Phi) is 10.3. The second-order valence-electron chi connectivity index (χ2n) is 9.41. The molecular weight excluding hydrogens is 538 g/mol. The molecule has 0 aromatic heterocycles. The van der Waals surface area contributed by atoms with E-state index in [0.717, 1.165) is 21.8 Å². The minimum Gasteiger partial charge on any atom is -0.494 e. The molecule has 4 rings (SSSR count). The number of benzene rings is 3. The summed E-state index contributed by atoms with van der Waals surface area (Å²) in [4.78, 5) is 12.5. The summed E-state index contributed by atoms with van der Waals surface area (Å²) in [6.45, 7) is 4.33. The van der Waals surface area contributed by atoms with Crippen LogP contribution in [0.4, 0.5) is 5.69 Å². The number of thioether (sulfide) groups is 1. The first-order valence-electron chi connectivity index (χ1n) is 13.0. The maximum Gasteiger partial charge on any atom is 0.224 e. The number of hydrogen-bond acceptors (Lipinski definition) is 7. The van der Waals surface area contributed by atoms with Gasteiger partial charge in [-0.05, 0) is 72.5 Å². The molecule has 3 aromatic rings. The van der Waals surface area contributed by atoms with Crippen LogP contribution >= 0.6 is 23.4 Å². The van der Waals surface area contributed by atoms with Gasteiger partial charge in [-0.15, -0.1) is 11.8 Å². The van der Waals surface area contributed by atoms with Gasteiger partial charge < -0.3 is 30.1 Å². The molecule has 1 aliphatic heterocycles. The van der Waals surface area contributed by atoms with Crippen molar-refractivity contribution >= 4 is 35.0 Å². The number of rotatable bonds is 10.